The number of nitrogens with one attached hydrogen (secondary N) is 1. The second-order valence-corrected chi connectivity index (χ2v) is 6.97. The lowest BCUT2D eigenvalue weighted by Gasteiger charge is -2.21. The van der Waals surface area contributed by atoms with E-state index in [1.807, 2.05) is 0 Å². The zero-order valence-corrected chi connectivity index (χ0v) is 15.0. The second-order valence-electron chi connectivity index (χ2n) is 4.52. The minimum atomic E-state index is 0.248. The molecule has 1 unspecified atom stereocenters. The molecule has 4 heteroatoms. The first-order chi connectivity index (χ1) is 9.15. The van der Waals surface area contributed by atoms with E-state index >= 15 is 0 Å². The van der Waals surface area contributed by atoms with E-state index in [1.165, 1.54) is 25.6 Å². The summed E-state index contributed by atoms with van der Waals surface area (Å²) in [5.41, 5.74) is 3.95. The highest BCUT2D eigenvalue weighted by Crippen LogP contribution is 2.34. The summed E-state index contributed by atoms with van der Waals surface area (Å²) in [5.74, 6) is 0. The lowest BCUT2D eigenvalue weighted by molar-refractivity contribution is 0.596. The Hall–Kier alpha value is -0.160. The van der Waals surface area contributed by atoms with Crippen LogP contribution in [0.4, 0.5) is 0 Å². The molecule has 1 nitrogen and oxygen atoms in total. The van der Waals surface area contributed by atoms with Crippen LogP contribution in [0.3, 0.4) is 0 Å². The average Bonchev–Trinajstić information content (AvgIpc) is 2.81. The van der Waals surface area contributed by atoms with Gasteiger partial charge in [-0.15, -0.1) is 0 Å². The van der Waals surface area contributed by atoms with Crippen LogP contribution in [0.5, 0.6) is 0 Å². The maximum Gasteiger partial charge on any atom is 0.0599 e. The Morgan fingerprint density at radius 2 is 1.95 bits per heavy atom. The highest BCUT2D eigenvalue weighted by atomic mass is 79.9. The number of benzene rings is 1. The molecule has 1 N–H and O–H groups in total. The van der Waals surface area contributed by atoms with Gasteiger partial charge in [0.25, 0.3) is 0 Å². The highest BCUT2D eigenvalue weighted by Gasteiger charge is 2.19. The van der Waals surface area contributed by atoms with Gasteiger partial charge in [-0.1, -0.05) is 35.0 Å². The summed E-state index contributed by atoms with van der Waals surface area (Å²) in [6.45, 7) is 5.37. The van der Waals surface area contributed by atoms with Crippen molar-refractivity contribution in [3.63, 3.8) is 0 Å². The molecule has 0 aliphatic heterocycles. The molecule has 1 aromatic carbocycles. The molecule has 1 atom stereocenters. The first-order valence-electron chi connectivity index (χ1n) is 6.35. The largest absolute Gasteiger partial charge is 0.306 e. The zero-order chi connectivity index (χ0) is 13.8. The molecule has 0 amide bonds. The summed E-state index contributed by atoms with van der Waals surface area (Å²) in [6, 6.07) is 6.65. The van der Waals surface area contributed by atoms with Crippen LogP contribution in [0, 0.1) is 6.92 Å². The molecule has 0 aliphatic rings. The fourth-order valence-corrected chi connectivity index (χ4v) is 4.04. The van der Waals surface area contributed by atoms with Gasteiger partial charge in [0, 0.05) is 14.3 Å². The van der Waals surface area contributed by atoms with Crippen molar-refractivity contribution in [2.24, 2.45) is 0 Å². The SMILES string of the molecule is CCCNC(c1cscc1Br)c1cccc(Br)c1C. The van der Waals surface area contributed by atoms with E-state index in [2.05, 4.69) is 80.0 Å². The van der Waals surface area contributed by atoms with E-state index in [0.717, 1.165) is 13.0 Å². The first-order valence-corrected chi connectivity index (χ1v) is 8.88. The maximum absolute atomic E-state index is 3.66. The van der Waals surface area contributed by atoms with E-state index < -0.39 is 0 Å². The standard InChI is InChI=1S/C15H17Br2NS/c1-3-7-18-15(12-8-19-9-14(12)17)11-5-4-6-13(16)10(11)2/h4-6,8-9,15,18H,3,7H2,1-2H3. The topological polar surface area (TPSA) is 12.0 Å². The molecule has 2 aromatic rings. The lowest BCUT2D eigenvalue weighted by atomic mass is 9.97. The van der Waals surface area contributed by atoms with Crippen molar-refractivity contribution in [2.75, 3.05) is 6.54 Å². The highest BCUT2D eigenvalue weighted by molar-refractivity contribution is 9.10. The van der Waals surface area contributed by atoms with Gasteiger partial charge in [-0.25, -0.2) is 0 Å². The van der Waals surface area contributed by atoms with Crippen molar-refractivity contribution in [1.29, 1.82) is 0 Å². The third kappa shape index (κ3) is 3.48. The molecule has 1 aromatic heterocycles. The number of hydrogen-bond acceptors (Lipinski definition) is 2. The average molecular weight is 403 g/mol. The Morgan fingerprint density at radius 1 is 1.16 bits per heavy atom. The lowest BCUT2D eigenvalue weighted by Crippen LogP contribution is -2.23. The smallest absolute Gasteiger partial charge is 0.0599 e. The van der Waals surface area contributed by atoms with E-state index in [9.17, 15) is 0 Å². The Morgan fingerprint density at radius 3 is 2.58 bits per heavy atom. The maximum atomic E-state index is 3.66. The van der Waals surface area contributed by atoms with E-state index in [0.29, 0.717) is 0 Å². The second kappa shape index (κ2) is 7.02. The van der Waals surface area contributed by atoms with Crippen LogP contribution >= 0.6 is 43.2 Å². The van der Waals surface area contributed by atoms with Crippen LogP contribution in [0.25, 0.3) is 0 Å². The molecule has 0 fully saturated rings. The fraction of sp³-hybridized carbons (Fsp3) is 0.333. The van der Waals surface area contributed by atoms with Crippen LogP contribution in [0.1, 0.15) is 36.1 Å². The van der Waals surface area contributed by atoms with Crippen molar-refractivity contribution < 1.29 is 0 Å². The molecule has 0 radical (unpaired) electrons. The van der Waals surface area contributed by atoms with Gasteiger partial charge in [0.2, 0.25) is 0 Å². The molecular formula is C15H17Br2NS. The summed E-state index contributed by atoms with van der Waals surface area (Å²) in [7, 11) is 0. The molecular weight excluding hydrogens is 386 g/mol. The number of rotatable bonds is 5. The molecule has 0 bridgehead atoms. The van der Waals surface area contributed by atoms with Gasteiger partial charge < -0.3 is 5.32 Å². The van der Waals surface area contributed by atoms with Gasteiger partial charge in [-0.3, -0.25) is 0 Å². The monoisotopic (exact) mass is 401 g/mol. The van der Waals surface area contributed by atoms with Crippen LogP contribution in [-0.4, -0.2) is 6.54 Å². The molecule has 0 saturated heterocycles. The van der Waals surface area contributed by atoms with E-state index in [1.54, 1.807) is 11.3 Å². The predicted molar refractivity (Wildman–Crippen MR) is 91.0 cm³/mol. The van der Waals surface area contributed by atoms with Crippen molar-refractivity contribution in [1.82, 2.24) is 5.32 Å². The van der Waals surface area contributed by atoms with Gasteiger partial charge >= 0.3 is 0 Å². The Kier molecular flexibility index (Phi) is 5.63. The van der Waals surface area contributed by atoms with Crippen LogP contribution in [-0.2, 0) is 0 Å². The molecule has 0 saturated carbocycles. The summed E-state index contributed by atoms with van der Waals surface area (Å²) < 4.78 is 2.35. The Balaban J connectivity index is 2.43. The van der Waals surface area contributed by atoms with Gasteiger partial charge in [0.05, 0.1) is 6.04 Å². The van der Waals surface area contributed by atoms with Crippen molar-refractivity contribution in [3.05, 3.63) is 54.6 Å². The van der Waals surface area contributed by atoms with E-state index in [4.69, 9.17) is 0 Å². The van der Waals surface area contributed by atoms with Gasteiger partial charge in [0.15, 0.2) is 0 Å². The third-order valence-corrected chi connectivity index (χ3v) is 5.78. The van der Waals surface area contributed by atoms with Gasteiger partial charge in [-0.05, 0) is 64.0 Å². The van der Waals surface area contributed by atoms with Crippen molar-refractivity contribution >= 4 is 43.2 Å². The third-order valence-electron chi connectivity index (χ3n) is 3.17. The van der Waals surface area contributed by atoms with Crippen molar-refractivity contribution in [2.45, 2.75) is 26.3 Å². The van der Waals surface area contributed by atoms with Gasteiger partial charge in [0.1, 0.15) is 0 Å². The van der Waals surface area contributed by atoms with E-state index in [-0.39, 0.29) is 6.04 Å². The molecule has 102 valence electrons. The Bertz CT molecular complexity index is 551. The number of thiophene rings is 1. The number of halogens is 2. The molecule has 19 heavy (non-hydrogen) atoms. The molecule has 0 aliphatic carbocycles. The summed E-state index contributed by atoms with van der Waals surface area (Å²) in [4.78, 5) is 0. The molecule has 2 rings (SSSR count). The van der Waals surface area contributed by atoms with Crippen LogP contribution in [0.2, 0.25) is 0 Å². The normalized spacial score (nSPS) is 12.6. The van der Waals surface area contributed by atoms with Crippen molar-refractivity contribution in [3.8, 4) is 0 Å². The first kappa shape index (κ1) is 15.2. The minimum absolute atomic E-state index is 0.248. The predicted octanol–water partition coefficient (Wildman–Crippen LogP) is 5.67. The quantitative estimate of drug-likeness (QED) is 0.679. The van der Waals surface area contributed by atoms with Crippen LogP contribution in [0.15, 0.2) is 37.9 Å². The summed E-state index contributed by atoms with van der Waals surface area (Å²) in [5, 5.41) is 8.01. The Labute approximate surface area is 135 Å². The van der Waals surface area contributed by atoms with Gasteiger partial charge in [-0.2, -0.15) is 11.3 Å². The number of hydrogen-bond donors (Lipinski definition) is 1. The summed E-state index contributed by atoms with van der Waals surface area (Å²) in [6.07, 6.45) is 1.13. The summed E-state index contributed by atoms with van der Waals surface area (Å²) >= 11 is 9.02. The van der Waals surface area contributed by atoms with Crippen LogP contribution < -0.4 is 5.32 Å². The minimum Gasteiger partial charge on any atom is -0.306 e. The molecule has 0 spiro atoms. The fourth-order valence-electron chi connectivity index (χ4n) is 2.11. The zero-order valence-electron chi connectivity index (χ0n) is 11.0. The molecule has 1 heterocycles.